The summed E-state index contributed by atoms with van der Waals surface area (Å²) >= 11 is 6.78. The summed E-state index contributed by atoms with van der Waals surface area (Å²) in [6, 6.07) is 6.98. The second-order valence-corrected chi connectivity index (χ2v) is 8.66. The summed E-state index contributed by atoms with van der Waals surface area (Å²) in [7, 11) is 0. The monoisotopic (exact) mass is 433 g/mol. The number of hydrogen-bond donors (Lipinski definition) is 2. The zero-order valence-electron chi connectivity index (χ0n) is 15.6. The van der Waals surface area contributed by atoms with Crippen LogP contribution >= 0.6 is 22.9 Å². The van der Waals surface area contributed by atoms with Crippen molar-refractivity contribution in [3.8, 4) is 0 Å². The van der Waals surface area contributed by atoms with E-state index in [0.717, 1.165) is 37.0 Å². The molecule has 2 aromatic rings. The summed E-state index contributed by atoms with van der Waals surface area (Å²) < 4.78 is 0. The number of likely N-dealkylation sites (tertiary alicyclic amines) is 1. The van der Waals surface area contributed by atoms with Crippen LogP contribution in [0.15, 0.2) is 24.3 Å². The third-order valence-electron chi connectivity index (χ3n) is 4.91. The number of nitrogens with zero attached hydrogens (tertiary/aromatic N) is 3. The second-order valence-electron chi connectivity index (χ2n) is 7.25. The lowest BCUT2D eigenvalue weighted by molar-refractivity contribution is -0.126. The Kier molecular flexibility index (Phi) is 5.77. The molecule has 0 radical (unpaired) electrons. The van der Waals surface area contributed by atoms with Gasteiger partial charge in [0.25, 0.3) is 11.8 Å². The molecule has 8 nitrogen and oxygen atoms in total. The molecule has 2 N–H and O–H groups in total. The highest BCUT2D eigenvalue weighted by molar-refractivity contribution is 7.15. The number of halogens is 1. The van der Waals surface area contributed by atoms with Gasteiger partial charge in [0.1, 0.15) is 0 Å². The summed E-state index contributed by atoms with van der Waals surface area (Å²) in [6.45, 7) is 0.932. The number of amides is 3. The van der Waals surface area contributed by atoms with Crippen LogP contribution in [-0.4, -0.2) is 52.0 Å². The van der Waals surface area contributed by atoms with Crippen LogP contribution in [0.25, 0.3) is 0 Å². The van der Waals surface area contributed by atoms with Crippen LogP contribution in [0.1, 0.15) is 45.3 Å². The number of hydrogen-bond acceptors (Lipinski definition) is 6. The first kappa shape index (κ1) is 19.8. The Balaban J connectivity index is 1.37. The minimum atomic E-state index is -0.441. The van der Waals surface area contributed by atoms with Crippen molar-refractivity contribution in [1.82, 2.24) is 20.4 Å². The average molecular weight is 434 g/mol. The third kappa shape index (κ3) is 4.91. The lowest BCUT2D eigenvalue weighted by Crippen LogP contribution is -2.45. The van der Waals surface area contributed by atoms with Crippen LogP contribution < -0.4 is 10.6 Å². The molecule has 4 rings (SSSR count). The fourth-order valence-electron chi connectivity index (χ4n) is 3.18. The highest BCUT2D eigenvalue weighted by atomic mass is 35.5. The molecule has 10 heteroatoms. The zero-order chi connectivity index (χ0) is 20.4. The minimum absolute atomic E-state index is 0.0188. The number of carbonyl (C=O) groups excluding carboxylic acids is 3. The average Bonchev–Trinajstić information content (AvgIpc) is 3.40. The van der Waals surface area contributed by atoms with E-state index in [0.29, 0.717) is 29.8 Å². The molecular weight excluding hydrogens is 414 g/mol. The zero-order valence-corrected chi connectivity index (χ0v) is 17.1. The molecule has 29 heavy (non-hydrogen) atoms. The maximum atomic E-state index is 12.8. The van der Waals surface area contributed by atoms with Crippen molar-refractivity contribution in [1.29, 1.82) is 0 Å². The molecule has 3 amide bonds. The predicted molar refractivity (Wildman–Crippen MR) is 109 cm³/mol. The summed E-state index contributed by atoms with van der Waals surface area (Å²) in [5.41, 5.74) is 0.572. The van der Waals surface area contributed by atoms with Gasteiger partial charge in [-0.15, -0.1) is 10.2 Å². The molecule has 1 aromatic carbocycles. The first-order valence-electron chi connectivity index (χ1n) is 9.49. The van der Waals surface area contributed by atoms with Crippen LogP contribution in [0.4, 0.5) is 5.69 Å². The smallest absolute Gasteiger partial charge is 0.286 e. The molecule has 0 bridgehead atoms. The molecule has 2 aliphatic rings. The predicted octanol–water partition coefficient (Wildman–Crippen LogP) is 2.57. The fraction of sp³-hybridized carbons (Fsp3) is 0.421. The van der Waals surface area contributed by atoms with Gasteiger partial charge in [0, 0.05) is 29.8 Å². The highest BCUT2D eigenvalue weighted by Gasteiger charge is 2.33. The number of nitrogens with one attached hydrogen (secondary N) is 2. The Labute approximate surface area is 176 Å². The van der Waals surface area contributed by atoms with Gasteiger partial charge < -0.3 is 15.5 Å². The van der Waals surface area contributed by atoms with Crippen molar-refractivity contribution < 1.29 is 14.4 Å². The van der Waals surface area contributed by atoms with Gasteiger partial charge in [0.2, 0.25) is 15.9 Å². The number of aromatic nitrogens is 2. The lowest BCUT2D eigenvalue weighted by atomic mass is 9.97. The Morgan fingerprint density at radius 2 is 1.79 bits per heavy atom. The molecule has 1 atom stereocenters. The number of benzene rings is 1. The quantitative estimate of drug-likeness (QED) is 0.754. The van der Waals surface area contributed by atoms with E-state index in [9.17, 15) is 14.4 Å². The van der Waals surface area contributed by atoms with Crippen LogP contribution in [0.5, 0.6) is 0 Å². The first-order chi connectivity index (χ1) is 14.0. The van der Waals surface area contributed by atoms with Crippen LogP contribution in [0, 0.1) is 5.92 Å². The van der Waals surface area contributed by atoms with E-state index in [1.165, 1.54) is 0 Å². The van der Waals surface area contributed by atoms with E-state index >= 15 is 0 Å². The first-order valence-corrected chi connectivity index (χ1v) is 10.7. The summed E-state index contributed by atoms with van der Waals surface area (Å²) in [5.74, 6) is -0.916. The molecule has 1 unspecified atom stereocenters. The Hall–Kier alpha value is -2.52. The van der Waals surface area contributed by atoms with Crippen molar-refractivity contribution in [2.24, 2.45) is 5.92 Å². The van der Waals surface area contributed by atoms with E-state index in [1.807, 2.05) is 0 Å². The summed E-state index contributed by atoms with van der Waals surface area (Å²) in [4.78, 5) is 39.1. The van der Waals surface area contributed by atoms with Crippen molar-refractivity contribution in [2.45, 2.75) is 31.7 Å². The number of anilines is 1. The molecule has 2 fully saturated rings. The second kappa shape index (κ2) is 8.46. The van der Waals surface area contributed by atoms with E-state index < -0.39 is 5.91 Å². The van der Waals surface area contributed by atoms with Crippen LogP contribution in [0.2, 0.25) is 5.02 Å². The van der Waals surface area contributed by atoms with Crippen LogP contribution in [0.3, 0.4) is 0 Å². The summed E-state index contributed by atoms with van der Waals surface area (Å²) in [6.07, 6.45) is 3.60. The molecule has 1 aliphatic heterocycles. The van der Waals surface area contributed by atoms with Crippen molar-refractivity contribution in [3.63, 3.8) is 0 Å². The Morgan fingerprint density at radius 1 is 1.07 bits per heavy atom. The molecule has 2 heterocycles. The van der Waals surface area contributed by atoms with E-state index in [-0.39, 0.29) is 27.7 Å². The van der Waals surface area contributed by atoms with Gasteiger partial charge in [-0.05, 0) is 49.9 Å². The van der Waals surface area contributed by atoms with Gasteiger partial charge in [-0.25, -0.2) is 0 Å². The SMILES string of the molecule is O=C(Nc1ccc(Cl)cc1)c1nnc(C(=O)N2CCCC(C(=O)NC3CC3)C2)s1. The van der Waals surface area contributed by atoms with Crippen LogP contribution in [-0.2, 0) is 4.79 Å². The van der Waals surface area contributed by atoms with Gasteiger partial charge >= 0.3 is 0 Å². The van der Waals surface area contributed by atoms with Gasteiger partial charge in [0.15, 0.2) is 0 Å². The molecule has 1 aromatic heterocycles. The largest absolute Gasteiger partial charge is 0.353 e. The third-order valence-corrected chi connectivity index (χ3v) is 6.07. The minimum Gasteiger partial charge on any atom is -0.353 e. The summed E-state index contributed by atoms with van der Waals surface area (Å²) in [5, 5.41) is 14.3. The van der Waals surface area contributed by atoms with E-state index in [1.54, 1.807) is 29.2 Å². The molecular formula is C19H20ClN5O3S. The van der Waals surface area contributed by atoms with Gasteiger partial charge in [-0.2, -0.15) is 0 Å². The molecule has 1 saturated heterocycles. The lowest BCUT2D eigenvalue weighted by Gasteiger charge is -2.31. The maximum absolute atomic E-state index is 12.8. The standard InChI is InChI=1S/C19H20ClN5O3S/c20-12-3-5-13(6-4-12)22-16(27)17-23-24-18(29-17)19(28)25-9-1-2-11(10-25)15(26)21-14-7-8-14/h3-6,11,14H,1-2,7-10H2,(H,21,26)(H,22,27). The molecule has 0 spiro atoms. The topological polar surface area (TPSA) is 104 Å². The number of piperidine rings is 1. The highest BCUT2D eigenvalue weighted by Crippen LogP contribution is 2.24. The molecule has 1 saturated carbocycles. The van der Waals surface area contributed by atoms with Crippen molar-refractivity contribution in [3.05, 3.63) is 39.3 Å². The molecule has 1 aliphatic carbocycles. The van der Waals surface area contributed by atoms with Gasteiger partial charge in [0.05, 0.1) is 5.92 Å². The Bertz CT molecular complexity index is 928. The van der Waals surface area contributed by atoms with E-state index in [4.69, 9.17) is 11.6 Å². The maximum Gasteiger partial charge on any atom is 0.286 e. The van der Waals surface area contributed by atoms with Gasteiger partial charge in [-0.3, -0.25) is 14.4 Å². The number of carbonyl (C=O) groups is 3. The van der Waals surface area contributed by atoms with Crippen molar-refractivity contribution >= 4 is 46.3 Å². The number of rotatable bonds is 5. The Morgan fingerprint density at radius 3 is 2.52 bits per heavy atom. The van der Waals surface area contributed by atoms with E-state index in [2.05, 4.69) is 20.8 Å². The fourth-order valence-corrected chi connectivity index (χ4v) is 4.01. The van der Waals surface area contributed by atoms with Crippen molar-refractivity contribution in [2.75, 3.05) is 18.4 Å². The normalized spacial score (nSPS) is 18.9. The van der Waals surface area contributed by atoms with Gasteiger partial charge in [-0.1, -0.05) is 22.9 Å². The molecule has 152 valence electrons.